The molecular weight excluding hydrogens is 309 g/mol. The van der Waals surface area contributed by atoms with Gasteiger partial charge in [-0.1, -0.05) is 12.8 Å². The molecule has 1 aliphatic carbocycles. The van der Waals surface area contributed by atoms with Gasteiger partial charge < -0.3 is 4.98 Å². The van der Waals surface area contributed by atoms with E-state index in [1.807, 2.05) is 6.92 Å². The minimum absolute atomic E-state index is 0.0284. The number of H-pyrrole nitrogens is 1. The lowest BCUT2D eigenvalue weighted by atomic mass is 9.81. The van der Waals surface area contributed by atoms with Gasteiger partial charge in [-0.2, -0.15) is 0 Å². The largest absolute Gasteiger partial charge is 0.342 e. The first-order valence-corrected chi connectivity index (χ1v) is 8.55. The number of benzene rings is 1. The van der Waals surface area contributed by atoms with Crippen LogP contribution in [0.25, 0.3) is 11.0 Å². The van der Waals surface area contributed by atoms with E-state index < -0.39 is 0 Å². The summed E-state index contributed by atoms with van der Waals surface area (Å²) >= 11 is 0. The van der Waals surface area contributed by atoms with Gasteiger partial charge in [-0.15, -0.1) is 0 Å². The van der Waals surface area contributed by atoms with Crippen LogP contribution in [0.15, 0.2) is 18.2 Å². The molecule has 1 aliphatic heterocycles. The van der Waals surface area contributed by atoms with E-state index in [2.05, 4.69) is 9.97 Å². The molecule has 2 aliphatic rings. The molecule has 0 spiro atoms. The van der Waals surface area contributed by atoms with Crippen molar-refractivity contribution < 1.29 is 14.0 Å². The molecule has 24 heavy (non-hydrogen) atoms. The average molecular weight is 329 g/mol. The number of carbonyl (C=O) groups excluding carboxylic acids is 2. The predicted molar refractivity (Wildman–Crippen MR) is 86.5 cm³/mol. The van der Waals surface area contributed by atoms with Crippen molar-refractivity contribution in [1.82, 2.24) is 14.9 Å². The molecule has 3 atom stereocenters. The second kappa shape index (κ2) is 5.69. The maximum absolute atomic E-state index is 13.3. The van der Waals surface area contributed by atoms with E-state index in [4.69, 9.17) is 0 Å². The fourth-order valence-electron chi connectivity index (χ4n) is 4.12. The molecule has 1 aromatic carbocycles. The number of aromatic amines is 1. The number of likely N-dealkylation sites (tertiary alicyclic amines) is 1. The van der Waals surface area contributed by atoms with Crippen LogP contribution in [0.3, 0.4) is 0 Å². The lowest BCUT2D eigenvalue weighted by molar-refractivity contribution is -0.142. The highest BCUT2D eigenvalue weighted by Gasteiger charge is 2.49. The lowest BCUT2D eigenvalue weighted by Crippen LogP contribution is -2.40. The summed E-state index contributed by atoms with van der Waals surface area (Å²) < 4.78 is 13.3. The van der Waals surface area contributed by atoms with E-state index in [1.165, 1.54) is 17.0 Å². The minimum atomic E-state index is -0.320. The SMILES string of the molecule is CC(Cc1nc2ccc(F)cc2[nH]1)N1C(=O)C2CCCCC2C1=O. The van der Waals surface area contributed by atoms with Gasteiger partial charge in [0.05, 0.1) is 22.9 Å². The third-order valence-electron chi connectivity index (χ3n) is 5.30. The molecule has 1 aromatic heterocycles. The standard InChI is InChI=1S/C18H20FN3O2/c1-10(8-16-20-14-7-6-11(19)9-15(14)21-16)22-17(23)12-4-2-3-5-13(12)18(22)24/h6-7,9-10,12-13H,2-5,8H2,1H3,(H,20,21). The summed E-state index contributed by atoms with van der Waals surface area (Å²) in [5.74, 6) is 0.0361. The Morgan fingerprint density at radius 2 is 1.92 bits per heavy atom. The maximum Gasteiger partial charge on any atom is 0.233 e. The van der Waals surface area contributed by atoms with Gasteiger partial charge in [0.2, 0.25) is 11.8 Å². The van der Waals surface area contributed by atoms with Crippen LogP contribution < -0.4 is 0 Å². The highest BCUT2D eigenvalue weighted by molar-refractivity contribution is 6.05. The molecule has 1 N–H and O–H groups in total. The monoisotopic (exact) mass is 329 g/mol. The Hall–Kier alpha value is -2.24. The van der Waals surface area contributed by atoms with Crippen molar-refractivity contribution in [3.63, 3.8) is 0 Å². The molecule has 6 heteroatoms. The summed E-state index contributed by atoms with van der Waals surface area (Å²) in [6.45, 7) is 1.88. The Morgan fingerprint density at radius 3 is 2.58 bits per heavy atom. The van der Waals surface area contributed by atoms with Crippen LogP contribution in [0.4, 0.5) is 4.39 Å². The van der Waals surface area contributed by atoms with Crippen LogP contribution in [0.2, 0.25) is 0 Å². The van der Waals surface area contributed by atoms with E-state index in [1.54, 1.807) is 6.07 Å². The van der Waals surface area contributed by atoms with Crippen molar-refractivity contribution in [2.24, 2.45) is 11.8 Å². The van der Waals surface area contributed by atoms with E-state index in [0.29, 0.717) is 23.3 Å². The summed E-state index contributed by atoms with van der Waals surface area (Å²) in [5.41, 5.74) is 1.32. The Kier molecular flexibility index (Phi) is 3.62. The topological polar surface area (TPSA) is 66.1 Å². The summed E-state index contributed by atoms with van der Waals surface area (Å²) in [4.78, 5) is 34.2. The molecule has 126 valence electrons. The zero-order valence-corrected chi connectivity index (χ0v) is 13.6. The zero-order valence-electron chi connectivity index (χ0n) is 13.6. The molecule has 0 bridgehead atoms. The normalized spacial score (nSPS) is 25.3. The third kappa shape index (κ3) is 2.41. The van der Waals surface area contributed by atoms with Crippen molar-refractivity contribution in [2.45, 2.75) is 45.1 Å². The van der Waals surface area contributed by atoms with Crippen molar-refractivity contribution in [2.75, 3.05) is 0 Å². The molecule has 1 saturated heterocycles. The first kappa shape index (κ1) is 15.3. The van der Waals surface area contributed by atoms with E-state index >= 15 is 0 Å². The molecule has 4 rings (SSSR count). The number of rotatable bonds is 3. The summed E-state index contributed by atoms with van der Waals surface area (Å²) in [7, 11) is 0. The molecule has 2 amide bonds. The van der Waals surface area contributed by atoms with Crippen LogP contribution in [-0.2, 0) is 16.0 Å². The van der Waals surface area contributed by atoms with Gasteiger partial charge in [-0.05, 0) is 38.0 Å². The van der Waals surface area contributed by atoms with Crippen molar-refractivity contribution in [3.8, 4) is 0 Å². The molecule has 0 radical (unpaired) electrons. The fraction of sp³-hybridized carbons (Fsp3) is 0.500. The summed E-state index contributed by atoms with van der Waals surface area (Å²) in [6.07, 6.45) is 4.15. The van der Waals surface area contributed by atoms with Crippen molar-refractivity contribution in [3.05, 3.63) is 29.8 Å². The van der Waals surface area contributed by atoms with Crippen LogP contribution >= 0.6 is 0 Å². The molecule has 3 unspecified atom stereocenters. The predicted octanol–water partition coefficient (Wildman–Crippen LogP) is 2.81. The Morgan fingerprint density at radius 1 is 1.25 bits per heavy atom. The second-order valence-corrected chi connectivity index (χ2v) is 6.94. The third-order valence-corrected chi connectivity index (χ3v) is 5.30. The Labute approximate surface area is 139 Å². The maximum atomic E-state index is 13.3. The van der Waals surface area contributed by atoms with Crippen LogP contribution in [0, 0.1) is 17.7 Å². The molecule has 2 fully saturated rings. The molecule has 2 heterocycles. The Balaban J connectivity index is 1.55. The summed E-state index contributed by atoms with van der Waals surface area (Å²) in [6, 6.07) is 4.14. The van der Waals surface area contributed by atoms with Gasteiger partial charge in [0.25, 0.3) is 0 Å². The van der Waals surface area contributed by atoms with Gasteiger partial charge in [0, 0.05) is 12.5 Å². The number of carbonyl (C=O) groups is 2. The van der Waals surface area contributed by atoms with Crippen LogP contribution in [-0.4, -0.2) is 32.7 Å². The molecule has 2 aromatic rings. The average Bonchev–Trinajstić information content (AvgIpc) is 3.06. The number of nitrogens with one attached hydrogen (secondary N) is 1. The highest BCUT2D eigenvalue weighted by Crippen LogP contribution is 2.39. The fourth-order valence-corrected chi connectivity index (χ4v) is 4.12. The van der Waals surface area contributed by atoms with Crippen molar-refractivity contribution >= 4 is 22.8 Å². The quantitative estimate of drug-likeness (QED) is 0.881. The number of hydrogen-bond donors (Lipinski definition) is 1. The number of hydrogen-bond acceptors (Lipinski definition) is 3. The van der Waals surface area contributed by atoms with Gasteiger partial charge in [-0.3, -0.25) is 14.5 Å². The molecule has 5 nitrogen and oxygen atoms in total. The van der Waals surface area contributed by atoms with Crippen LogP contribution in [0.5, 0.6) is 0 Å². The van der Waals surface area contributed by atoms with E-state index in [-0.39, 0.29) is 35.5 Å². The van der Waals surface area contributed by atoms with Gasteiger partial charge in [-0.25, -0.2) is 9.37 Å². The van der Waals surface area contributed by atoms with E-state index in [0.717, 1.165) is 25.7 Å². The number of imide groups is 1. The van der Waals surface area contributed by atoms with Gasteiger partial charge in [0.15, 0.2) is 0 Å². The van der Waals surface area contributed by atoms with Crippen molar-refractivity contribution in [1.29, 1.82) is 0 Å². The smallest absolute Gasteiger partial charge is 0.233 e. The molecular formula is C18H20FN3O2. The van der Waals surface area contributed by atoms with Gasteiger partial charge >= 0.3 is 0 Å². The first-order valence-electron chi connectivity index (χ1n) is 8.55. The number of halogens is 1. The number of fused-ring (bicyclic) bond motifs is 2. The number of aromatic nitrogens is 2. The van der Waals surface area contributed by atoms with E-state index in [9.17, 15) is 14.0 Å². The minimum Gasteiger partial charge on any atom is -0.342 e. The number of nitrogens with zero attached hydrogens (tertiary/aromatic N) is 2. The lowest BCUT2D eigenvalue weighted by Gasteiger charge is -2.22. The highest BCUT2D eigenvalue weighted by atomic mass is 19.1. The zero-order chi connectivity index (χ0) is 16.8. The second-order valence-electron chi connectivity index (χ2n) is 6.94. The van der Waals surface area contributed by atoms with Gasteiger partial charge in [0.1, 0.15) is 11.6 Å². The summed E-state index contributed by atoms with van der Waals surface area (Å²) in [5, 5.41) is 0. The van der Waals surface area contributed by atoms with Crippen LogP contribution in [0.1, 0.15) is 38.4 Å². The number of imidazole rings is 1. The first-order chi connectivity index (χ1) is 11.5. The number of amides is 2. The molecule has 1 saturated carbocycles. The Bertz CT molecular complexity index is 792.